The second kappa shape index (κ2) is 7.25. The Morgan fingerprint density at radius 1 is 1.25 bits per heavy atom. The molecule has 0 aromatic heterocycles. The van der Waals surface area contributed by atoms with Gasteiger partial charge in [0.2, 0.25) is 0 Å². The standard InChI is InChI=1S/C16H17NO3/c1-11(18)16(12(2)19)9-14(10-17)8-13-4-6-15(20-3)7-5-13/h4-8,16H,9H2,1-3H3/b14-8-. The van der Waals surface area contributed by atoms with E-state index in [0.717, 1.165) is 11.3 Å². The molecule has 0 spiro atoms. The van der Waals surface area contributed by atoms with E-state index in [4.69, 9.17) is 10.00 Å². The SMILES string of the molecule is COc1ccc(/C=C(\C#N)CC(C(C)=O)C(C)=O)cc1. The van der Waals surface area contributed by atoms with Crippen LogP contribution in [0, 0.1) is 17.2 Å². The van der Waals surface area contributed by atoms with Crippen molar-refractivity contribution < 1.29 is 14.3 Å². The summed E-state index contributed by atoms with van der Waals surface area (Å²) < 4.78 is 5.05. The number of benzene rings is 1. The normalized spacial score (nSPS) is 11.1. The van der Waals surface area contributed by atoms with Crippen LogP contribution < -0.4 is 4.74 Å². The molecular weight excluding hydrogens is 254 g/mol. The summed E-state index contributed by atoms with van der Waals surface area (Å²) in [5.74, 6) is -0.438. The minimum atomic E-state index is -0.737. The van der Waals surface area contributed by atoms with Crippen LogP contribution in [0.4, 0.5) is 0 Å². The van der Waals surface area contributed by atoms with Crippen molar-refractivity contribution in [1.29, 1.82) is 5.26 Å². The first-order chi connectivity index (χ1) is 9.47. The first-order valence-corrected chi connectivity index (χ1v) is 6.23. The molecule has 0 radical (unpaired) electrons. The number of hydrogen-bond donors (Lipinski definition) is 0. The van der Waals surface area contributed by atoms with Crippen LogP contribution in [0.25, 0.3) is 6.08 Å². The molecule has 0 aliphatic rings. The number of ether oxygens (including phenoxy) is 1. The third-order valence-corrected chi connectivity index (χ3v) is 3.01. The first-order valence-electron chi connectivity index (χ1n) is 6.23. The van der Waals surface area contributed by atoms with Gasteiger partial charge in [-0.1, -0.05) is 12.1 Å². The van der Waals surface area contributed by atoms with Gasteiger partial charge in [0, 0.05) is 5.57 Å². The fraction of sp³-hybridized carbons (Fsp3) is 0.312. The van der Waals surface area contributed by atoms with Crippen molar-refractivity contribution in [2.45, 2.75) is 20.3 Å². The van der Waals surface area contributed by atoms with Crippen LogP contribution in [0.3, 0.4) is 0 Å². The lowest BCUT2D eigenvalue weighted by Crippen LogP contribution is -2.19. The molecule has 0 aliphatic carbocycles. The molecule has 0 amide bonds. The van der Waals surface area contributed by atoms with Crippen LogP contribution in [0.2, 0.25) is 0 Å². The molecule has 4 heteroatoms. The Hall–Kier alpha value is -2.41. The van der Waals surface area contributed by atoms with E-state index in [1.807, 2.05) is 18.2 Å². The summed E-state index contributed by atoms with van der Waals surface area (Å²) in [6, 6.07) is 9.24. The summed E-state index contributed by atoms with van der Waals surface area (Å²) in [5, 5.41) is 9.13. The predicted octanol–water partition coefficient (Wildman–Crippen LogP) is 2.79. The number of carbonyl (C=O) groups excluding carboxylic acids is 2. The molecule has 0 heterocycles. The van der Waals surface area contributed by atoms with Gasteiger partial charge in [0.15, 0.2) is 0 Å². The van der Waals surface area contributed by atoms with Gasteiger partial charge in [-0.25, -0.2) is 0 Å². The molecule has 4 nitrogen and oxygen atoms in total. The van der Waals surface area contributed by atoms with Crippen molar-refractivity contribution >= 4 is 17.6 Å². The monoisotopic (exact) mass is 271 g/mol. The fourth-order valence-electron chi connectivity index (χ4n) is 1.83. The molecule has 0 aliphatic heterocycles. The lowest BCUT2D eigenvalue weighted by atomic mass is 9.92. The van der Waals surface area contributed by atoms with Gasteiger partial charge in [-0.2, -0.15) is 5.26 Å². The minimum Gasteiger partial charge on any atom is -0.497 e. The predicted molar refractivity (Wildman–Crippen MR) is 76.1 cm³/mol. The van der Waals surface area contributed by atoms with Gasteiger partial charge in [0.25, 0.3) is 0 Å². The summed E-state index contributed by atoms with van der Waals surface area (Å²) in [4.78, 5) is 22.8. The van der Waals surface area contributed by atoms with Crippen LogP contribution in [-0.4, -0.2) is 18.7 Å². The minimum absolute atomic E-state index is 0.146. The summed E-state index contributed by atoms with van der Waals surface area (Å²) in [6.07, 6.45) is 1.82. The highest BCUT2D eigenvalue weighted by Gasteiger charge is 2.20. The number of carbonyl (C=O) groups is 2. The van der Waals surface area contributed by atoms with E-state index in [9.17, 15) is 9.59 Å². The lowest BCUT2D eigenvalue weighted by molar-refractivity contribution is -0.130. The van der Waals surface area contributed by atoms with Gasteiger partial charge >= 0.3 is 0 Å². The number of nitriles is 1. The molecule has 1 aromatic carbocycles. The molecule has 0 saturated carbocycles. The number of rotatable bonds is 6. The maximum atomic E-state index is 11.4. The van der Waals surface area contributed by atoms with Crippen molar-refractivity contribution in [3.8, 4) is 11.8 Å². The van der Waals surface area contributed by atoms with Gasteiger partial charge in [-0.3, -0.25) is 9.59 Å². The molecule has 0 fully saturated rings. The third kappa shape index (κ3) is 4.36. The highest BCUT2D eigenvalue weighted by molar-refractivity contribution is 6.00. The Kier molecular flexibility index (Phi) is 5.67. The van der Waals surface area contributed by atoms with E-state index in [0.29, 0.717) is 5.57 Å². The van der Waals surface area contributed by atoms with Crippen molar-refractivity contribution in [2.24, 2.45) is 5.92 Å². The Morgan fingerprint density at radius 2 is 1.80 bits per heavy atom. The van der Waals surface area contributed by atoms with E-state index in [1.54, 1.807) is 25.3 Å². The van der Waals surface area contributed by atoms with Crippen LogP contribution in [0.15, 0.2) is 29.8 Å². The van der Waals surface area contributed by atoms with Gasteiger partial charge in [-0.05, 0) is 44.0 Å². The van der Waals surface area contributed by atoms with E-state index in [-0.39, 0.29) is 18.0 Å². The Bertz CT molecular complexity index is 550. The van der Waals surface area contributed by atoms with Crippen molar-refractivity contribution in [2.75, 3.05) is 7.11 Å². The molecule has 104 valence electrons. The maximum absolute atomic E-state index is 11.4. The second-order valence-corrected chi connectivity index (χ2v) is 4.53. The first kappa shape index (κ1) is 15.6. The van der Waals surface area contributed by atoms with Crippen LogP contribution in [0.1, 0.15) is 25.8 Å². The molecule has 20 heavy (non-hydrogen) atoms. The largest absolute Gasteiger partial charge is 0.497 e. The highest BCUT2D eigenvalue weighted by Crippen LogP contribution is 2.18. The quantitative estimate of drug-likeness (QED) is 0.589. The zero-order valence-corrected chi connectivity index (χ0v) is 11.8. The van der Waals surface area contributed by atoms with Crippen LogP contribution >= 0.6 is 0 Å². The van der Waals surface area contributed by atoms with Crippen molar-refractivity contribution in [3.05, 3.63) is 35.4 Å². The fourth-order valence-corrected chi connectivity index (χ4v) is 1.83. The number of nitrogens with zero attached hydrogens (tertiary/aromatic N) is 1. The number of Topliss-reactive ketones (excluding diaryl/α,β-unsaturated/α-hetero) is 2. The van der Waals surface area contributed by atoms with Crippen molar-refractivity contribution in [1.82, 2.24) is 0 Å². The average molecular weight is 271 g/mol. The second-order valence-electron chi connectivity index (χ2n) is 4.53. The van der Waals surface area contributed by atoms with Gasteiger partial charge in [-0.15, -0.1) is 0 Å². The highest BCUT2D eigenvalue weighted by atomic mass is 16.5. The topological polar surface area (TPSA) is 67.2 Å². The molecular formula is C16H17NO3. The summed E-state index contributed by atoms with van der Waals surface area (Å²) >= 11 is 0. The zero-order valence-electron chi connectivity index (χ0n) is 11.8. The van der Waals surface area contributed by atoms with E-state index in [1.165, 1.54) is 13.8 Å². The molecule has 0 atom stereocenters. The van der Waals surface area contributed by atoms with Gasteiger partial charge in [0.05, 0.1) is 19.1 Å². The van der Waals surface area contributed by atoms with Gasteiger partial charge < -0.3 is 4.74 Å². The molecule has 0 saturated heterocycles. The van der Waals surface area contributed by atoms with Gasteiger partial charge in [0.1, 0.15) is 17.3 Å². The Labute approximate surface area is 118 Å². The summed E-state index contributed by atoms with van der Waals surface area (Å²) in [5.41, 5.74) is 1.23. The van der Waals surface area contributed by atoms with E-state index in [2.05, 4.69) is 0 Å². The molecule has 0 bridgehead atoms. The average Bonchev–Trinajstić information content (AvgIpc) is 2.43. The molecule has 0 N–H and O–H groups in total. The zero-order chi connectivity index (χ0) is 15.1. The number of allylic oxidation sites excluding steroid dienone is 1. The van der Waals surface area contributed by atoms with E-state index < -0.39 is 5.92 Å². The summed E-state index contributed by atoms with van der Waals surface area (Å²) in [6.45, 7) is 2.74. The number of methoxy groups -OCH3 is 1. The Balaban J connectivity index is 2.94. The number of hydrogen-bond acceptors (Lipinski definition) is 4. The summed E-state index contributed by atoms with van der Waals surface area (Å²) in [7, 11) is 1.58. The molecule has 1 aromatic rings. The Morgan fingerprint density at radius 3 is 2.20 bits per heavy atom. The van der Waals surface area contributed by atoms with Crippen molar-refractivity contribution in [3.63, 3.8) is 0 Å². The molecule has 1 rings (SSSR count). The lowest BCUT2D eigenvalue weighted by Gasteiger charge is -2.09. The smallest absolute Gasteiger partial charge is 0.140 e. The maximum Gasteiger partial charge on any atom is 0.140 e. The van der Waals surface area contributed by atoms with Crippen LogP contribution in [0.5, 0.6) is 5.75 Å². The van der Waals surface area contributed by atoms with E-state index >= 15 is 0 Å². The third-order valence-electron chi connectivity index (χ3n) is 3.01. The molecule has 0 unspecified atom stereocenters. The van der Waals surface area contributed by atoms with Crippen LogP contribution in [-0.2, 0) is 9.59 Å². The number of ketones is 2.